The van der Waals surface area contributed by atoms with Gasteiger partial charge in [-0.25, -0.2) is 9.59 Å². The standard InChI is InChI=1S/C12H13N3O4/c1-14-7-10(16)15(12(14)18)6-9-4-3-8(5-13-9)11(17)19-2/h3-5H,6-7H2,1-2H3. The highest BCUT2D eigenvalue weighted by Crippen LogP contribution is 2.12. The molecular weight excluding hydrogens is 250 g/mol. The molecule has 100 valence electrons. The zero-order valence-corrected chi connectivity index (χ0v) is 10.6. The third-order valence-electron chi connectivity index (χ3n) is 2.80. The SMILES string of the molecule is COC(=O)c1ccc(CN2C(=O)CN(C)C2=O)nc1. The van der Waals surface area contributed by atoms with Gasteiger partial charge >= 0.3 is 12.0 Å². The number of hydrogen-bond acceptors (Lipinski definition) is 5. The third kappa shape index (κ3) is 2.54. The summed E-state index contributed by atoms with van der Waals surface area (Å²) in [7, 11) is 2.85. The van der Waals surface area contributed by atoms with Crippen LogP contribution in [0, 0.1) is 0 Å². The lowest BCUT2D eigenvalue weighted by Crippen LogP contribution is -2.31. The fourth-order valence-corrected chi connectivity index (χ4v) is 1.74. The molecule has 0 spiro atoms. The van der Waals surface area contributed by atoms with Crippen LogP contribution in [0.5, 0.6) is 0 Å². The van der Waals surface area contributed by atoms with E-state index in [1.165, 1.54) is 18.2 Å². The lowest BCUT2D eigenvalue weighted by Gasteiger charge is -2.13. The average Bonchev–Trinajstić information content (AvgIpc) is 2.65. The van der Waals surface area contributed by atoms with Gasteiger partial charge in [-0.3, -0.25) is 14.7 Å². The number of imide groups is 1. The molecule has 1 aromatic heterocycles. The van der Waals surface area contributed by atoms with Crippen molar-refractivity contribution < 1.29 is 19.1 Å². The van der Waals surface area contributed by atoms with Crippen LogP contribution < -0.4 is 0 Å². The summed E-state index contributed by atoms with van der Waals surface area (Å²) in [5.74, 6) is -0.738. The molecule has 19 heavy (non-hydrogen) atoms. The highest BCUT2D eigenvalue weighted by Gasteiger charge is 2.33. The van der Waals surface area contributed by atoms with Gasteiger partial charge in [0.15, 0.2) is 0 Å². The van der Waals surface area contributed by atoms with Crippen molar-refractivity contribution in [2.45, 2.75) is 6.54 Å². The Balaban J connectivity index is 2.10. The molecule has 0 unspecified atom stereocenters. The maximum Gasteiger partial charge on any atom is 0.339 e. The molecule has 0 bridgehead atoms. The number of likely N-dealkylation sites (N-methyl/N-ethyl adjacent to an activating group) is 1. The van der Waals surface area contributed by atoms with E-state index in [4.69, 9.17) is 0 Å². The molecule has 2 heterocycles. The summed E-state index contributed by atoms with van der Waals surface area (Å²) >= 11 is 0. The number of methoxy groups -OCH3 is 1. The maximum absolute atomic E-state index is 11.7. The molecule has 0 aliphatic carbocycles. The summed E-state index contributed by atoms with van der Waals surface area (Å²) in [5.41, 5.74) is 0.854. The van der Waals surface area contributed by atoms with Crippen LogP contribution in [-0.2, 0) is 16.1 Å². The Morgan fingerprint density at radius 3 is 2.63 bits per heavy atom. The van der Waals surface area contributed by atoms with Gasteiger partial charge in [0.05, 0.1) is 24.9 Å². The van der Waals surface area contributed by atoms with E-state index >= 15 is 0 Å². The van der Waals surface area contributed by atoms with Crippen LogP contribution >= 0.6 is 0 Å². The van der Waals surface area contributed by atoms with E-state index in [1.54, 1.807) is 19.2 Å². The van der Waals surface area contributed by atoms with Gasteiger partial charge in [0.2, 0.25) is 0 Å². The highest BCUT2D eigenvalue weighted by molar-refractivity contribution is 6.01. The fourth-order valence-electron chi connectivity index (χ4n) is 1.74. The molecule has 0 saturated carbocycles. The first-order valence-electron chi connectivity index (χ1n) is 5.61. The molecule has 0 atom stereocenters. The lowest BCUT2D eigenvalue weighted by molar-refractivity contribution is -0.125. The minimum atomic E-state index is -0.480. The average molecular weight is 263 g/mol. The molecule has 1 aromatic rings. The summed E-state index contributed by atoms with van der Waals surface area (Å²) in [6.45, 7) is 0.183. The highest BCUT2D eigenvalue weighted by atomic mass is 16.5. The van der Waals surface area contributed by atoms with Crippen LogP contribution in [0.4, 0.5) is 4.79 Å². The predicted molar refractivity (Wildman–Crippen MR) is 64.2 cm³/mol. The Hall–Kier alpha value is -2.44. The van der Waals surface area contributed by atoms with E-state index < -0.39 is 5.97 Å². The van der Waals surface area contributed by atoms with E-state index in [0.717, 1.165) is 4.90 Å². The van der Waals surface area contributed by atoms with Crippen molar-refractivity contribution in [1.82, 2.24) is 14.8 Å². The van der Waals surface area contributed by atoms with Crippen LogP contribution in [-0.4, -0.2) is 53.4 Å². The van der Waals surface area contributed by atoms with Crippen molar-refractivity contribution in [3.8, 4) is 0 Å². The van der Waals surface area contributed by atoms with Gasteiger partial charge < -0.3 is 9.64 Å². The van der Waals surface area contributed by atoms with Gasteiger partial charge in [-0.05, 0) is 12.1 Å². The van der Waals surface area contributed by atoms with Gasteiger partial charge in [-0.2, -0.15) is 0 Å². The van der Waals surface area contributed by atoms with Gasteiger partial charge in [0.25, 0.3) is 5.91 Å². The first kappa shape index (κ1) is 13.0. The monoisotopic (exact) mass is 263 g/mol. The number of hydrogen-bond donors (Lipinski definition) is 0. The predicted octanol–water partition coefficient (Wildman–Crippen LogP) is 0.262. The summed E-state index contributed by atoms with van der Waals surface area (Å²) < 4.78 is 4.55. The van der Waals surface area contributed by atoms with Crippen molar-refractivity contribution >= 4 is 17.9 Å². The van der Waals surface area contributed by atoms with Crippen molar-refractivity contribution in [3.63, 3.8) is 0 Å². The van der Waals surface area contributed by atoms with Crippen LogP contribution in [0.15, 0.2) is 18.3 Å². The Kier molecular flexibility index (Phi) is 3.46. The van der Waals surface area contributed by atoms with Crippen molar-refractivity contribution in [1.29, 1.82) is 0 Å². The summed E-state index contributed by atoms with van der Waals surface area (Å²) in [6, 6.07) is 2.79. The number of urea groups is 1. The Bertz CT molecular complexity index is 526. The Labute approximate surface area is 109 Å². The largest absolute Gasteiger partial charge is 0.465 e. The van der Waals surface area contributed by atoms with Gasteiger partial charge in [0.1, 0.15) is 6.54 Å². The Morgan fingerprint density at radius 1 is 1.42 bits per heavy atom. The van der Waals surface area contributed by atoms with Crippen molar-refractivity contribution in [2.24, 2.45) is 0 Å². The Morgan fingerprint density at radius 2 is 2.16 bits per heavy atom. The minimum Gasteiger partial charge on any atom is -0.465 e. The molecule has 1 aliphatic heterocycles. The van der Waals surface area contributed by atoms with Crippen molar-refractivity contribution in [3.05, 3.63) is 29.6 Å². The van der Waals surface area contributed by atoms with Crippen LogP contribution in [0.25, 0.3) is 0 Å². The van der Waals surface area contributed by atoms with Crippen molar-refractivity contribution in [2.75, 3.05) is 20.7 Å². The number of ether oxygens (including phenoxy) is 1. The van der Waals surface area contributed by atoms with E-state index in [0.29, 0.717) is 11.3 Å². The second-order valence-corrected chi connectivity index (χ2v) is 4.15. The number of nitrogens with zero attached hydrogens (tertiary/aromatic N) is 3. The number of rotatable bonds is 3. The quantitative estimate of drug-likeness (QED) is 0.577. The zero-order chi connectivity index (χ0) is 14.0. The smallest absolute Gasteiger partial charge is 0.339 e. The number of carbonyl (C=O) groups excluding carboxylic acids is 3. The van der Waals surface area contributed by atoms with E-state index in [9.17, 15) is 14.4 Å². The molecule has 7 nitrogen and oxygen atoms in total. The molecule has 7 heteroatoms. The van der Waals surface area contributed by atoms with Crippen LogP contribution in [0.2, 0.25) is 0 Å². The first-order chi connectivity index (χ1) is 9.02. The minimum absolute atomic E-state index is 0.0824. The molecule has 2 rings (SSSR count). The van der Waals surface area contributed by atoms with E-state index in [1.807, 2.05) is 0 Å². The molecule has 0 aromatic carbocycles. The summed E-state index contributed by atoms with van der Waals surface area (Å²) in [5, 5.41) is 0. The third-order valence-corrected chi connectivity index (χ3v) is 2.80. The maximum atomic E-state index is 11.7. The molecule has 0 N–H and O–H groups in total. The number of amides is 3. The molecule has 0 radical (unpaired) electrons. The zero-order valence-electron chi connectivity index (χ0n) is 10.6. The van der Waals surface area contributed by atoms with Crippen LogP contribution in [0.1, 0.15) is 16.1 Å². The van der Waals surface area contributed by atoms with E-state index in [-0.39, 0.29) is 25.0 Å². The second kappa shape index (κ2) is 5.05. The second-order valence-electron chi connectivity index (χ2n) is 4.15. The van der Waals surface area contributed by atoms with Gasteiger partial charge in [0, 0.05) is 13.2 Å². The first-order valence-corrected chi connectivity index (χ1v) is 5.61. The number of aromatic nitrogens is 1. The van der Waals surface area contributed by atoms with Crippen LogP contribution in [0.3, 0.4) is 0 Å². The molecule has 1 aliphatic rings. The topological polar surface area (TPSA) is 79.8 Å². The summed E-state index contributed by atoms with van der Waals surface area (Å²) in [4.78, 5) is 41.0. The van der Waals surface area contributed by atoms with Gasteiger partial charge in [-0.1, -0.05) is 0 Å². The molecule has 1 saturated heterocycles. The lowest BCUT2D eigenvalue weighted by atomic mass is 10.2. The number of carbonyl (C=O) groups is 3. The number of pyridine rings is 1. The number of esters is 1. The molecule has 1 fully saturated rings. The fraction of sp³-hybridized carbons (Fsp3) is 0.333. The molecular formula is C12H13N3O4. The molecule has 3 amide bonds. The van der Waals surface area contributed by atoms with E-state index in [2.05, 4.69) is 9.72 Å². The normalized spacial score (nSPS) is 15.1. The summed E-state index contributed by atoms with van der Waals surface area (Å²) in [6.07, 6.45) is 1.36. The van der Waals surface area contributed by atoms with Gasteiger partial charge in [-0.15, -0.1) is 0 Å².